The number of nitrogens with one attached hydrogen (secondary N) is 1. The van der Waals surface area contributed by atoms with Gasteiger partial charge in [-0.05, 0) is 12.1 Å². The lowest BCUT2D eigenvalue weighted by Gasteiger charge is -2.36. The van der Waals surface area contributed by atoms with Crippen molar-refractivity contribution >= 4 is 11.7 Å². The van der Waals surface area contributed by atoms with Crippen LogP contribution in [0, 0.1) is 0 Å². The Hall–Kier alpha value is -1.55. The van der Waals surface area contributed by atoms with Gasteiger partial charge in [-0.2, -0.15) is 0 Å². The molecule has 16 heavy (non-hydrogen) atoms. The molecule has 1 N–H and O–H groups in total. The van der Waals surface area contributed by atoms with Crippen molar-refractivity contribution in [1.29, 1.82) is 0 Å². The number of ether oxygens (including phenoxy) is 1. The van der Waals surface area contributed by atoms with E-state index in [1.54, 1.807) is 0 Å². The van der Waals surface area contributed by atoms with E-state index in [2.05, 4.69) is 10.2 Å². The normalized spacial score (nSPS) is 20.6. The minimum Gasteiger partial charge on any atom is -0.467 e. The molecule has 86 valence electrons. The van der Waals surface area contributed by atoms with Crippen LogP contribution >= 0.6 is 0 Å². The molecular formula is C12H16N2O2. The second-order valence-corrected chi connectivity index (χ2v) is 3.77. The van der Waals surface area contributed by atoms with Gasteiger partial charge in [0.05, 0.1) is 7.11 Å². The molecule has 1 aromatic rings. The molecule has 0 saturated carbocycles. The van der Waals surface area contributed by atoms with Crippen molar-refractivity contribution in [2.45, 2.75) is 6.04 Å². The highest BCUT2D eigenvalue weighted by molar-refractivity contribution is 5.80. The molecule has 1 unspecified atom stereocenters. The summed E-state index contributed by atoms with van der Waals surface area (Å²) in [4.78, 5) is 13.7. The van der Waals surface area contributed by atoms with Crippen molar-refractivity contribution in [1.82, 2.24) is 5.32 Å². The van der Waals surface area contributed by atoms with Gasteiger partial charge in [-0.3, -0.25) is 0 Å². The zero-order chi connectivity index (χ0) is 11.4. The molecule has 0 aliphatic carbocycles. The zero-order valence-electron chi connectivity index (χ0n) is 9.35. The first-order valence-corrected chi connectivity index (χ1v) is 5.43. The van der Waals surface area contributed by atoms with Gasteiger partial charge in [0, 0.05) is 25.3 Å². The van der Waals surface area contributed by atoms with Crippen molar-refractivity contribution < 1.29 is 9.53 Å². The molecule has 1 heterocycles. The Kier molecular flexibility index (Phi) is 3.41. The third-order valence-corrected chi connectivity index (χ3v) is 2.80. The van der Waals surface area contributed by atoms with E-state index in [0.29, 0.717) is 6.54 Å². The fourth-order valence-corrected chi connectivity index (χ4v) is 1.98. The van der Waals surface area contributed by atoms with E-state index in [4.69, 9.17) is 4.74 Å². The van der Waals surface area contributed by atoms with Crippen LogP contribution in [0.2, 0.25) is 0 Å². The fraction of sp³-hybridized carbons (Fsp3) is 0.417. The second kappa shape index (κ2) is 4.99. The summed E-state index contributed by atoms with van der Waals surface area (Å²) in [7, 11) is 1.43. The molecule has 0 amide bonds. The van der Waals surface area contributed by atoms with E-state index in [1.807, 2.05) is 30.3 Å². The minimum absolute atomic E-state index is 0.184. The third-order valence-electron chi connectivity index (χ3n) is 2.80. The number of hydrogen-bond acceptors (Lipinski definition) is 4. The highest BCUT2D eigenvalue weighted by atomic mass is 16.5. The third kappa shape index (κ3) is 2.17. The summed E-state index contributed by atoms with van der Waals surface area (Å²) >= 11 is 0. The molecule has 1 aromatic carbocycles. The van der Waals surface area contributed by atoms with Crippen LogP contribution < -0.4 is 10.2 Å². The first-order chi connectivity index (χ1) is 7.83. The summed E-state index contributed by atoms with van der Waals surface area (Å²) in [6.45, 7) is 2.35. The molecule has 2 rings (SSSR count). The molecule has 4 nitrogen and oxygen atoms in total. The number of esters is 1. The van der Waals surface area contributed by atoms with Gasteiger partial charge < -0.3 is 15.0 Å². The van der Waals surface area contributed by atoms with Gasteiger partial charge in [-0.1, -0.05) is 18.2 Å². The van der Waals surface area contributed by atoms with E-state index in [0.717, 1.165) is 18.8 Å². The van der Waals surface area contributed by atoms with Gasteiger partial charge in [0.2, 0.25) is 0 Å². The highest BCUT2D eigenvalue weighted by Crippen LogP contribution is 2.18. The number of carbonyl (C=O) groups excluding carboxylic acids is 1. The Balaban J connectivity index is 2.20. The largest absolute Gasteiger partial charge is 0.467 e. The lowest BCUT2D eigenvalue weighted by Crippen LogP contribution is -2.55. The quantitative estimate of drug-likeness (QED) is 0.743. The molecule has 1 aliphatic heterocycles. The number of nitrogens with zero attached hydrogens (tertiary/aromatic N) is 1. The van der Waals surface area contributed by atoms with E-state index in [9.17, 15) is 4.79 Å². The van der Waals surface area contributed by atoms with E-state index >= 15 is 0 Å². The lowest BCUT2D eigenvalue weighted by molar-refractivity contribution is -0.142. The van der Waals surface area contributed by atoms with Gasteiger partial charge in [-0.15, -0.1) is 0 Å². The maximum atomic E-state index is 11.6. The van der Waals surface area contributed by atoms with Crippen LogP contribution in [0.1, 0.15) is 0 Å². The molecule has 1 atom stereocenters. The lowest BCUT2D eigenvalue weighted by atomic mass is 10.1. The molecule has 0 bridgehead atoms. The maximum absolute atomic E-state index is 11.6. The molecule has 1 aliphatic rings. The minimum atomic E-state index is -0.221. The van der Waals surface area contributed by atoms with Gasteiger partial charge in [-0.25, -0.2) is 4.79 Å². The molecule has 4 heteroatoms. The number of piperazine rings is 1. The van der Waals surface area contributed by atoms with Crippen molar-refractivity contribution in [3.8, 4) is 0 Å². The summed E-state index contributed by atoms with van der Waals surface area (Å²) in [5.41, 5.74) is 1.07. The molecule has 0 radical (unpaired) electrons. The number of rotatable bonds is 2. The van der Waals surface area contributed by atoms with E-state index in [1.165, 1.54) is 7.11 Å². The molecule has 1 saturated heterocycles. The molecule has 0 spiro atoms. The summed E-state index contributed by atoms with van der Waals surface area (Å²) in [6.07, 6.45) is 0. The van der Waals surface area contributed by atoms with Crippen LogP contribution in [0.4, 0.5) is 5.69 Å². The highest BCUT2D eigenvalue weighted by Gasteiger charge is 2.29. The molecule has 1 fully saturated rings. The summed E-state index contributed by atoms with van der Waals surface area (Å²) in [6, 6.07) is 9.74. The zero-order valence-corrected chi connectivity index (χ0v) is 9.35. The van der Waals surface area contributed by atoms with Gasteiger partial charge in [0.25, 0.3) is 0 Å². The fourth-order valence-electron chi connectivity index (χ4n) is 1.98. The Morgan fingerprint density at radius 1 is 1.44 bits per heavy atom. The maximum Gasteiger partial charge on any atom is 0.329 e. The first-order valence-electron chi connectivity index (χ1n) is 5.43. The van der Waals surface area contributed by atoms with Crippen LogP contribution in [0.5, 0.6) is 0 Å². The number of carbonyl (C=O) groups is 1. The van der Waals surface area contributed by atoms with Crippen LogP contribution in [0.25, 0.3) is 0 Å². The van der Waals surface area contributed by atoms with Crippen LogP contribution in [0.3, 0.4) is 0 Å². The second-order valence-electron chi connectivity index (χ2n) is 3.77. The topological polar surface area (TPSA) is 41.6 Å². The van der Waals surface area contributed by atoms with Crippen LogP contribution in [-0.2, 0) is 9.53 Å². The van der Waals surface area contributed by atoms with Crippen LogP contribution in [-0.4, -0.2) is 38.8 Å². The van der Waals surface area contributed by atoms with Gasteiger partial charge in [0.1, 0.15) is 6.04 Å². The smallest absolute Gasteiger partial charge is 0.329 e. The number of anilines is 1. The Morgan fingerprint density at radius 2 is 2.19 bits per heavy atom. The Bertz CT molecular complexity index is 353. The predicted molar refractivity (Wildman–Crippen MR) is 62.5 cm³/mol. The van der Waals surface area contributed by atoms with Gasteiger partial charge in [0.15, 0.2) is 0 Å². The number of methoxy groups -OCH3 is 1. The number of para-hydroxylation sites is 1. The van der Waals surface area contributed by atoms with Crippen molar-refractivity contribution in [3.05, 3.63) is 30.3 Å². The summed E-state index contributed by atoms with van der Waals surface area (Å²) in [5, 5.41) is 3.21. The number of hydrogen-bond donors (Lipinski definition) is 1. The standard InChI is InChI=1S/C12H16N2O2/c1-16-12(15)11-9-13-7-8-14(11)10-5-3-2-4-6-10/h2-6,11,13H,7-9H2,1H3. The average molecular weight is 220 g/mol. The average Bonchev–Trinajstić information content (AvgIpc) is 2.39. The summed E-state index contributed by atoms with van der Waals surface area (Å²) in [5.74, 6) is -0.184. The molecular weight excluding hydrogens is 204 g/mol. The van der Waals surface area contributed by atoms with Crippen molar-refractivity contribution in [2.24, 2.45) is 0 Å². The van der Waals surface area contributed by atoms with Crippen molar-refractivity contribution in [3.63, 3.8) is 0 Å². The number of benzene rings is 1. The molecule has 0 aromatic heterocycles. The Labute approximate surface area is 95.2 Å². The van der Waals surface area contributed by atoms with E-state index < -0.39 is 0 Å². The SMILES string of the molecule is COC(=O)C1CNCCN1c1ccccc1. The Morgan fingerprint density at radius 3 is 2.88 bits per heavy atom. The van der Waals surface area contributed by atoms with Gasteiger partial charge >= 0.3 is 5.97 Å². The van der Waals surface area contributed by atoms with E-state index in [-0.39, 0.29) is 12.0 Å². The summed E-state index contributed by atoms with van der Waals surface area (Å²) < 4.78 is 4.82. The first kappa shape index (κ1) is 11.0. The van der Waals surface area contributed by atoms with Crippen LogP contribution in [0.15, 0.2) is 30.3 Å². The predicted octanol–water partition coefficient (Wildman–Crippen LogP) is 0.638. The van der Waals surface area contributed by atoms with Crippen molar-refractivity contribution in [2.75, 3.05) is 31.6 Å². The monoisotopic (exact) mass is 220 g/mol.